The summed E-state index contributed by atoms with van der Waals surface area (Å²) in [5.41, 5.74) is 0. The van der Waals surface area contributed by atoms with Crippen LogP contribution in [0.1, 0.15) is 53.9 Å². The molecule has 140 valence electrons. The Morgan fingerprint density at radius 2 is 1.74 bits per heavy atom. The van der Waals surface area contributed by atoms with Gasteiger partial charge in [-0.1, -0.05) is 27.2 Å². The number of hydrogen-bond donors (Lipinski definition) is 3. The molecular weight excluding hydrogens is 403 g/mol. The Morgan fingerprint density at radius 3 is 2.22 bits per heavy atom. The number of hydrogen-bond acceptors (Lipinski definition) is 3. The molecule has 0 aromatic carbocycles. The minimum Gasteiger partial charge on any atom is -0.396 e. The van der Waals surface area contributed by atoms with Crippen LogP contribution in [0.4, 0.5) is 0 Å². The fraction of sp³-hybridized carbons (Fsp3) is 0.941. The molecule has 0 aliphatic carbocycles. The quantitative estimate of drug-likeness (QED) is 0.247. The smallest absolute Gasteiger partial charge is 0.191 e. The average Bonchev–Trinajstić information content (AvgIpc) is 2.51. The fourth-order valence-corrected chi connectivity index (χ4v) is 2.70. The van der Waals surface area contributed by atoms with Crippen LogP contribution in [0.2, 0.25) is 0 Å². The Balaban J connectivity index is 0. The summed E-state index contributed by atoms with van der Waals surface area (Å²) in [5.74, 6) is 1.37. The van der Waals surface area contributed by atoms with Gasteiger partial charge in [0.05, 0.1) is 0 Å². The molecule has 3 N–H and O–H groups in total. The number of guanidine groups is 1. The van der Waals surface area contributed by atoms with Crippen molar-refractivity contribution in [2.24, 2.45) is 10.9 Å². The number of aliphatic hydroxyl groups is 1. The molecule has 2 unspecified atom stereocenters. The molecule has 0 spiro atoms. The SMILES string of the molecule is CCCC(CCO)CN=C(NCC)NCC(C)N(CC)CC.I. The van der Waals surface area contributed by atoms with Crippen molar-refractivity contribution in [1.29, 1.82) is 0 Å². The summed E-state index contributed by atoms with van der Waals surface area (Å²) in [5, 5.41) is 15.9. The second-order valence-corrected chi connectivity index (χ2v) is 5.84. The van der Waals surface area contributed by atoms with Gasteiger partial charge in [-0.05, 0) is 45.7 Å². The van der Waals surface area contributed by atoms with Gasteiger partial charge >= 0.3 is 0 Å². The predicted octanol–water partition coefficient (Wildman–Crippen LogP) is 2.69. The van der Waals surface area contributed by atoms with Gasteiger partial charge in [-0.3, -0.25) is 9.89 Å². The fourth-order valence-electron chi connectivity index (χ4n) is 2.70. The van der Waals surface area contributed by atoms with Gasteiger partial charge in [-0.2, -0.15) is 0 Å². The van der Waals surface area contributed by atoms with Gasteiger partial charge in [0.15, 0.2) is 5.96 Å². The normalized spacial score (nSPS) is 14.3. The van der Waals surface area contributed by atoms with E-state index < -0.39 is 0 Å². The molecule has 0 fully saturated rings. The average molecular weight is 442 g/mol. The van der Waals surface area contributed by atoms with E-state index in [1.54, 1.807) is 0 Å². The van der Waals surface area contributed by atoms with E-state index in [-0.39, 0.29) is 30.6 Å². The predicted molar refractivity (Wildman–Crippen MR) is 112 cm³/mol. The van der Waals surface area contributed by atoms with E-state index in [0.717, 1.165) is 57.9 Å². The summed E-state index contributed by atoms with van der Waals surface area (Å²) in [7, 11) is 0. The summed E-state index contributed by atoms with van der Waals surface area (Å²) >= 11 is 0. The van der Waals surface area contributed by atoms with Crippen molar-refractivity contribution >= 4 is 29.9 Å². The van der Waals surface area contributed by atoms with Crippen LogP contribution < -0.4 is 10.6 Å². The van der Waals surface area contributed by atoms with E-state index in [0.29, 0.717) is 12.0 Å². The number of nitrogens with one attached hydrogen (secondary N) is 2. The Bertz CT molecular complexity index is 280. The molecule has 2 atom stereocenters. The number of rotatable bonds is 12. The van der Waals surface area contributed by atoms with E-state index in [4.69, 9.17) is 10.1 Å². The summed E-state index contributed by atoms with van der Waals surface area (Å²) in [4.78, 5) is 7.13. The maximum Gasteiger partial charge on any atom is 0.191 e. The van der Waals surface area contributed by atoms with Crippen LogP contribution in [0.25, 0.3) is 0 Å². The third-order valence-electron chi connectivity index (χ3n) is 4.09. The Kier molecular flexibility index (Phi) is 18.3. The molecule has 0 radical (unpaired) electrons. The van der Waals surface area contributed by atoms with Crippen LogP contribution in [-0.4, -0.2) is 61.3 Å². The summed E-state index contributed by atoms with van der Waals surface area (Å²) in [6.45, 7) is 15.8. The molecule has 0 saturated carbocycles. The van der Waals surface area contributed by atoms with E-state index in [1.165, 1.54) is 0 Å². The summed E-state index contributed by atoms with van der Waals surface area (Å²) in [6, 6.07) is 0.489. The van der Waals surface area contributed by atoms with Crippen LogP contribution in [-0.2, 0) is 0 Å². The van der Waals surface area contributed by atoms with Gasteiger partial charge in [0.25, 0.3) is 0 Å². The third-order valence-corrected chi connectivity index (χ3v) is 4.09. The van der Waals surface area contributed by atoms with Gasteiger partial charge in [-0.25, -0.2) is 0 Å². The van der Waals surface area contributed by atoms with E-state index in [1.807, 2.05) is 0 Å². The molecule has 0 aromatic rings. The molecule has 0 saturated heterocycles. The molecule has 0 bridgehead atoms. The summed E-state index contributed by atoms with van der Waals surface area (Å²) < 4.78 is 0. The lowest BCUT2D eigenvalue weighted by atomic mass is 10.0. The van der Waals surface area contributed by atoms with Crippen molar-refractivity contribution < 1.29 is 5.11 Å². The van der Waals surface area contributed by atoms with Gasteiger partial charge in [0.2, 0.25) is 0 Å². The van der Waals surface area contributed by atoms with Crippen molar-refractivity contribution in [3.8, 4) is 0 Å². The first-order valence-electron chi connectivity index (χ1n) is 8.99. The number of likely N-dealkylation sites (N-methyl/N-ethyl adjacent to an activating group) is 1. The van der Waals surface area contributed by atoms with E-state index in [9.17, 15) is 0 Å². The Labute approximate surface area is 160 Å². The molecule has 23 heavy (non-hydrogen) atoms. The molecule has 5 nitrogen and oxygen atoms in total. The van der Waals surface area contributed by atoms with Crippen molar-refractivity contribution in [2.45, 2.75) is 59.9 Å². The number of nitrogens with zero attached hydrogens (tertiary/aromatic N) is 2. The van der Waals surface area contributed by atoms with Crippen LogP contribution in [0, 0.1) is 5.92 Å². The summed E-state index contributed by atoms with van der Waals surface area (Å²) in [6.07, 6.45) is 3.11. The van der Waals surface area contributed by atoms with Crippen LogP contribution in [0.15, 0.2) is 4.99 Å². The zero-order valence-corrected chi connectivity index (χ0v) is 18.1. The standard InChI is InChI=1S/C17H38N4O.HI/c1-6-10-16(11-12-22)14-20-17(18-7-2)19-13-15(5)21(8-3)9-4;/h15-16,22H,6-14H2,1-5H3,(H2,18,19,20);1H. The monoisotopic (exact) mass is 442 g/mol. The maximum atomic E-state index is 9.14. The zero-order valence-electron chi connectivity index (χ0n) is 15.8. The second kappa shape index (κ2) is 16.8. The van der Waals surface area contributed by atoms with Gasteiger partial charge in [-0.15, -0.1) is 24.0 Å². The number of aliphatic hydroxyl groups excluding tert-OH is 1. The molecule has 0 amide bonds. The first kappa shape index (κ1) is 25.2. The Hall–Kier alpha value is -0.0800. The van der Waals surface area contributed by atoms with Crippen molar-refractivity contribution in [3.63, 3.8) is 0 Å². The molecule has 0 aromatic heterocycles. The van der Waals surface area contributed by atoms with Crippen LogP contribution in [0.5, 0.6) is 0 Å². The highest BCUT2D eigenvalue weighted by atomic mass is 127. The first-order valence-corrected chi connectivity index (χ1v) is 8.99. The minimum atomic E-state index is 0. The van der Waals surface area contributed by atoms with Crippen molar-refractivity contribution in [2.75, 3.05) is 39.3 Å². The topological polar surface area (TPSA) is 59.9 Å². The zero-order chi connectivity index (χ0) is 16.8. The van der Waals surface area contributed by atoms with Crippen LogP contribution in [0.3, 0.4) is 0 Å². The third kappa shape index (κ3) is 12.0. The lowest BCUT2D eigenvalue weighted by Gasteiger charge is -2.27. The molecule has 6 heteroatoms. The Morgan fingerprint density at radius 1 is 1.09 bits per heavy atom. The lowest BCUT2D eigenvalue weighted by molar-refractivity contribution is 0.231. The highest BCUT2D eigenvalue weighted by Crippen LogP contribution is 2.10. The highest BCUT2D eigenvalue weighted by Gasteiger charge is 2.11. The number of halogens is 1. The highest BCUT2D eigenvalue weighted by molar-refractivity contribution is 14.0. The van der Waals surface area contributed by atoms with E-state index in [2.05, 4.69) is 50.2 Å². The molecular formula is C17H39IN4O. The molecule has 0 heterocycles. The lowest BCUT2D eigenvalue weighted by Crippen LogP contribution is -2.46. The van der Waals surface area contributed by atoms with Crippen molar-refractivity contribution in [3.05, 3.63) is 0 Å². The van der Waals surface area contributed by atoms with Crippen molar-refractivity contribution in [1.82, 2.24) is 15.5 Å². The van der Waals surface area contributed by atoms with E-state index >= 15 is 0 Å². The largest absolute Gasteiger partial charge is 0.396 e. The second-order valence-electron chi connectivity index (χ2n) is 5.84. The van der Waals surface area contributed by atoms with Gasteiger partial charge in [0, 0.05) is 32.3 Å². The molecule has 0 aliphatic heterocycles. The van der Waals surface area contributed by atoms with Gasteiger partial charge in [0.1, 0.15) is 0 Å². The number of aliphatic imine (C=N–C) groups is 1. The van der Waals surface area contributed by atoms with Gasteiger partial charge < -0.3 is 15.7 Å². The maximum absolute atomic E-state index is 9.14. The van der Waals surface area contributed by atoms with Crippen LogP contribution >= 0.6 is 24.0 Å². The molecule has 0 rings (SSSR count). The minimum absolute atomic E-state index is 0. The first-order chi connectivity index (χ1) is 10.6. The molecule has 0 aliphatic rings.